The molecule has 3 heteroatoms. The van der Waals surface area contributed by atoms with Crippen molar-refractivity contribution in [2.75, 3.05) is 5.73 Å². The Balaban J connectivity index is 2.19. The van der Waals surface area contributed by atoms with Crippen molar-refractivity contribution < 1.29 is 0 Å². The third kappa shape index (κ3) is 4.05. The second-order valence-corrected chi connectivity index (χ2v) is 5.46. The lowest BCUT2D eigenvalue weighted by Gasteiger charge is -2.08. The summed E-state index contributed by atoms with van der Waals surface area (Å²) in [5, 5.41) is 0. The first-order chi connectivity index (χ1) is 9.02. The fourth-order valence-electron chi connectivity index (χ4n) is 2.07. The SMILES string of the molecule is Cc1ccc(Cc2nc(N)cc(CC(C)C)n2)cc1. The van der Waals surface area contributed by atoms with Crippen molar-refractivity contribution in [1.29, 1.82) is 0 Å². The molecule has 1 aromatic carbocycles. The van der Waals surface area contributed by atoms with Gasteiger partial charge < -0.3 is 5.73 Å². The Morgan fingerprint density at radius 1 is 1.11 bits per heavy atom. The predicted octanol–water partition coefficient (Wildman–Crippen LogP) is 3.16. The van der Waals surface area contributed by atoms with Crippen molar-refractivity contribution in [3.05, 3.63) is 53.0 Å². The molecule has 3 nitrogen and oxygen atoms in total. The van der Waals surface area contributed by atoms with Crippen molar-refractivity contribution in [2.24, 2.45) is 5.92 Å². The number of nitrogen functional groups attached to an aromatic ring is 1. The molecule has 0 spiro atoms. The average Bonchev–Trinajstić information content (AvgIpc) is 2.30. The van der Waals surface area contributed by atoms with Gasteiger partial charge in [0.2, 0.25) is 0 Å². The van der Waals surface area contributed by atoms with Crippen LogP contribution in [0.1, 0.15) is 36.5 Å². The molecule has 0 aliphatic rings. The van der Waals surface area contributed by atoms with Gasteiger partial charge in [-0.25, -0.2) is 9.97 Å². The molecule has 0 fully saturated rings. The fraction of sp³-hybridized carbons (Fsp3) is 0.375. The van der Waals surface area contributed by atoms with E-state index in [4.69, 9.17) is 5.73 Å². The lowest BCUT2D eigenvalue weighted by atomic mass is 10.1. The first-order valence-electron chi connectivity index (χ1n) is 6.71. The van der Waals surface area contributed by atoms with E-state index in [1.54, 1.807) is 0 Å². The Hall–Kier alpha value is -1.90. The molecule has 0 saturated carbocycles. The minimum Gasteiger partial charge on any atom is -0.384 e. The Morgan fingerprint density at radius 2 is 1.79 bits per heavy atom. The minimum atomic E-state index is 0.563. The van der Waals surface area contributed by atoms with Crippen molar-refractivity contribution in [3.8, 4) is 0 Å². The van der Waals surface area contributed by atoms with Crippen LogP contribution in [0.15, 0.2) is 30.3 Å². The van der Waals surface area contributed by atoms with Crippen LogP contribution < -0.4 is 5.73 Å². The van der Waals surface area contributed by atoms with Crippen LogP contribution in [0, 0.1) is 12.8 Å². The van der Waals surface area contributed by atoms with Crippen LogP contribution in [-0.4, -0.2) is 9.97 Å². The molecule has 0 unspecified atom stereocenters. The highest BCUT2D eigenvalue weighted by Crippen LogP contribution is 2.12. The Labute approximate surface area is 114 Å². The zero-order chi connectivity index (χ0) is 13.8. The normalized spacial score (nSPS) is 10.9. The number of hydrogen-bond acceptors (Lipinski definition) is 3. The van der Waals surface area contributed by atoms with E-state index in [1.165, 1.54) is 11.1 Å². The lowest BCUT2D eigenvalue weighted by Crippen LogP contribution is -2.06. The Morgan fingerprint density at radius 3 is 2.42 bits per heavy atom. The van der Waals surface area contributed by atoms with Gasteiger partial charge in [0.15, 0.2) is 0 Å². The highest BCUT2D eigenvalue weighted by molar-refractivity contribution is 5.32. The summed E-state index contributed by atoms with van der Waals surface area (Å²) in [6.45, 7) is 6.44. The molecule has 0 atom stereocenters. The smallest absolute Gasteiger partial charge is 0.135 e. The van der Waals surface area contributed by atoms with Gasteiger partial charge in [0.05, 0.1) is 0 Å². The second kappa shape index (κ2) is 5.83. The molecule has 2 aromatic rings. The molecule has 0 aliphatic carbocycles. The van der Waals surface area contributed by atoms with Gasteiger partial charge in [-0.1, -0.05) is 43.7 Å². The van der Waals surface area contributed by atoms with E-state index in [9.17, 15) is 0 Å². The highest BCUT2D eigenvalue weighted by atomic mass is 14.9. The van der Waals surface area contributed by atoms with Crippen LogP contribution in [-0.2, 0) is 12.8 Å². The van der Waals surface area contributed by atoms with Gasteiger partial charge >= 0.3 is 0 Å². The van der Waals surface area contributed by atoms with Gasteiger partial charge in [-0.2, -0.15) is 0 Å². The van der Waals surface area contributed by atoms with Gasteiger partial charge in [0.1, 0.15) is 11.6 Å². The molecular weight excluding hydrogens is 234 g/mol. The first kappa shape index (κ1) is 13.5. The molecule has 1 aromatic heterocycles. The summed E-state index contributed by atoms with van der Waals surface area (Å²) >= 11 is 0. The summed E-state index contributed by atoms with van der Waals surface area (Å²) in [5.74, 6) is 1.94. The van der Waals surface area contributed by atoms with Crippen LogP contribution >= 0.6 is 0 Å². The number of nitrogens with zero attached hydrogens (tertiary/aromatic N) is 2. The topological polar surface area (TPSA) is 51.8 Å². The Kier molecular flexibility index (Phi) is 4.15. The van der Waals surface area contributed by atoms with Crippen molar-refractivity contribution in [3.63, 3.8) is 0 Å². The second-order valence-electron chi connectivity index (χ2n) is 5.46. The number of benzene rings is 1. The van der Waals surface area contributed by atoms with E-state index < -0.39 is 0 Å². The lowest BCUT2D eigenvalue weighted by molar-refractivity contribution is 0.631. The summed E-state index contributed by atoms with van der Waals surface area (Å²) in [4.78, 5) is 8.93. The quantitative estimate of drug-likeness (QED) is 0.913. The van der Waals surface area contributed by atoms with Crippen LogP contribution in [0.25, 0.3) is 0 Å². The maximum atomic E-state index is 5.86. The summed E-state index contributed by atoms with van der Waals surface area (Å²) in [7, 11) is 0. The summed E-state index contributed by atoms with van der Waals surface area (Å²) in [6, 6.07) is 10.3. The van der Waals surface area contributed by atoms with Gasteiger partial charge in [-0.3, -0.25) is 0 Å². The van der Waals surface area contributed by atoms with Crippen molar-refractivity contribution >= 4 is 5.82 Å². The average molecular weight is 255 g/mol. The van der Waals surface area contributed by atoms with Gasteiger partial charge in [0.25, 0.3) is 0 Å². The maximum Gasteiger partial charge on any atom is 0.135 e. The van der Waals surface area contributed by atoms with E-state index in [1.807, 2.05) is 6.07 Å². The molecule has 0 amide bonds. The summed E-state index contributed by atoms with van der Waals surface area (Å²) in [6.07, 6.45) is 1.67. The van der Waals surface area contributed by atoms with Crippen LogP contribution in [0.2, 0.25) is 0 Å². The molecular formula is C16H21N3. The zero-order valence-corrected chi connectivity index (χ0v) is 11.9. The van der Waals surface area contributed by atoms with E-state index in [2.05, 4.69) is 55.0 Å². The molecule has 0 saturated heterocycles. The maximum absolute atomic E-state index is 5.86. The van der Waals surface area contributed by atoms with E-state index in [0.29, 0.717) is 11.7 Å². The molecule has 19 heavy (non-hydrogen) atoms. The number of aromatic nitrogens is 2. The zero-order valence-electron chi connectivity index (χ0n) is 11.9. The van der Waals surface area contributed by atoms with Gasteiger partial charge in [-0.05, 0) is 24.8 Å². The van der Waals surface area contributed by atoms with Gasteiger partial charge in [-0.15, -0.1) is 0 Å². The molecule has 0 aliphatic heterocycles. The van der Waals surface area contributed by atoms with E-state index in [0.717, 1.165) is 24.4 Å². The number of anilines is 1. The fourth-order valence-corrected chi connectivity index (χ4v) is 2.07. The van der Waals surface area contributed by atoms with Crippen LogP contribution in [0.4, 0.5) is 5.82 Å². The first-order valence-corrected chi connectivity index (χ1v) is 6.71. The largest absolute Gasteiger partial charge is 0.384 e. The number of hydrogen-bond donors (Lipinski definition) is 1. The number of aryl methyl sites for hydroxylation is 1. The summed E-state index contributed by atoms with van der Waals surface area (Å²) < 4.78 is 0. The molecule has 0 bridgehead atoms. The predicted molar refractivity (Wildman–Crippen MR) is 79.0 cm³/mol. The molecule has 2 N–H and O–H groups in total. The third-order valence-corrected chi connectivity index (χ3v) is 2.95. The molecule has 2 rings (SSSR count). The summed E-state index contributed by atoms with van der Waals surface area (Å²) in [5.41, 5.74) is 9.37. The molecule has 100 valence electrons. The number of rotatable bonds is 4. The molecule has 1 heterocycles. The standard InChI is InChI=1S/C16H21N3/c1-11(2)8-14-10-15(17)19-16(18-14)9-13-6-4-12(3)5-7-13/h4-7,10-11H,8-9H2,1-3H3,(H2,17,18,19). The van der Waals surface area contributed by atoms with Gasteiger partial charge in [0, 0.05) is 18.2 Å². The minimum absolute atomic E-state index is 0.563. The van der Waals surface area contributed by atoms with Crippen molar-refractivity contribution in [2.45, 2.75) is 33.6 Å². The van der Waals surface area contributed by atoms with Crippen LogP contribution in [0.5, 0.6) is 0 Å². The third-order valence-electron chi connectivity index (χ3n) is 2.95. The monoisotopic (exact) mass is 255 g/mol. The highest BCUT2D eigenvalue weighted by Gasteiger charge is 2.06. The van der Waals surface area contributed by atoms with Crippen molar-refractivity contribution in [1.82, 2.24) is 9.97 Å². The number of nitrogens with two attached hydrogens (primary N) is 1. The van der Waals surface area contributed by atoms with E-state index >= 15 is 0 Å². The molecule has 0 radical (unpaired) electrons. The van der Waals surface area contributed by atoms with Crippen LogP contribution in [0.3, 0.4) is 0 Å². The van der Waals surface area contributed by atoms with E-state index in [-0.39, 0.29) is 0 Å². The Bertz CT molecular complexity index is 544.